The van der Waals surface area contributed by atoms with Gasteiger partial charge in [-0.1, -0.05) is 42.2 Å². The van der Waals surface area contributed by atoms with Crippen LogP contribution < -0.4 is 19.6 Å². The maximum Gasteiger partial charge on any atom is 0.291 e. The zero-order valence-corrected chi connectivity index (χ0v) is 22.8. The Morgan fingerprint density at radius 1 is 1.00 bits per heavy atom. The van der Waals surface area contributed by atoms with E-state index >= 15 is 0 Å². The zero-order valence-electron chi connectivity index (χ0n) is 22.0. The molecule has 0 saturated carbocycles. The molecule has 0 N–H and O–H groups in total. The Balaban J connectivity index is 1.41. The third-order valence-corrected chi connectivity index (χ3v) is 7.18. The van der Waals surface area contributed by atoms with Crippen LogP contribution in [0.15, 0.2) is 96.4 Å². The van der Waals surface area contributed by atoms with Gasteiger partial charge in [0.2, 0.25) is 4.96 Å². The van der Waals surface area contributed by atoms with Crippen LogP contribution in [0.5, 0.6) is 11.5 Å². The lowest BCUT2D eigenvalue weighted by Crippen LogP contribution is -2.23. The van der Waals surface area contributed by atoms with Gasteiger partial charge in [-0.25, -0.2) is 9.07 Å². The summed E-state index contributed by atoms with van der Waals surface area (Å²) < 4.78 is 29.1. The molecule has 0 bridgehead atoms. The van der Waals surface area contributed by atoms with E-state index in [0.29, 0.717) is 51.1 Å². The Bertz CT molecular complexity index is 1960. The number of nitrogens with zero attached hydrogens (tertiary/aromatic N) is 5. The summed E-state index contributed by atoms with van der Waals surface area (Å²) in [5.41, 5.74) is 3.02. The molecule has 0 aliphatic heterocycles. The van der Waals surface area contributed by atoms with Crippen molar-refractivity contribution >= 4 is 22.4 Å². The SMILES string of the molecule is C=CCOc1ccc(-c2nc3sc(=Cc4cn(-c5ccccc5)nc4-c4ccc(OCC)c(F)c4)c(=O)n3n2)cc1. The molecule has 0 radical (unpaired) electrons. The number of rotatable bonds is 9. The summed E-state index contributed by atoms with van der Waals surface area (Å²) in [6.07, 6.45) is 5.23. The topological polar surface area (TPSA) is 83.5 Å². The number of fused-ring (bicyclic) bond motifs is 1. The Kier molecular flexibility index (Phi) is 7.13. The first-order valence-electron chi connectivity index (χ1n) is 12.9. The molecule has 0 fully saturated rings. The van der Waals surface area contributed by atoms with Crippen molar-refractivity contribution in [3.05, 3.63) is 118 Å². The molecule has 6 rings (SSSR count). The highest BCUT2D eigenvalue weighted by Crippen LogP contribution is 2.29. The summed E-state index contributed by atoms with van der Waals surface area (Å²) in [5.74, 6) is 0.833. The number of halogens is 1. The highest BCUT2D eigenvalue weighted by atomic mass is 32.1. The van der Waals surface area contributed by atoms with Crippen LogP contribution in [0.4, 0.5) is 4.39 Å². The van der Waals surface area contributed by atoms with Gasteiger partial charge >= 0.3 is 0 Å². The van der Waals surface area contributed by atoms with Crippen molar-refractivity contribution in [1.82, 2.24) is 24.4 Å². The van der Waals surface area contributed by atoms with Gasteiger partial charge in [-0.15, -0.1) is 5.10 Å². The molecular formula is C31H24FN5O3S. The molecule has 0 aliphatic rings. The molecule has 3 aromatic carbocycles. The van der Waals surface area contributed by atoms with E-state index in [1.165, 1.54) is 21.9 Å². The van der Waals surface area contributed by atoms with Crippen molar-refractivity contribution in [3.8, 4) is 39.8 Å². The van der Waals surface area contributed by atoms with Gasteiger partial charge in [0.1, 0.15) is 18.1 Å². The minimum Gasteiger partial charge on any atom is -0.491 e. The minimum atomic E-state index is -0.485. The summed E-state index contributed by atoms with van der Waals surface area (Å²) in [6, 6.07) is 21.6. The summed E-state index contributed by atoms with van der Waals surface area (Å²) in [7, 11) is 0. The van der Waals surface area contributed by atoms with Gasteiger partial charge in [0.05, 0.1) is 16.8 Å². The lowest BCUT2D eigenvalue weighted by Gasteiger charge is -2.06. The van der Waals surface area contributed by atoms with Gasteiger partial charge < -0.3 is 9.47 Å². The van der Waals surface area contributed by atoms with Crippen molar-refractivity contribution in [2.45, 2.75) is 6.92 Å². The fourth-order valence-electron chi connectivity index (χ4n) is 4.30. The third-order valence-electron chi connectivity index (χ3n) is 6.22. The van der Waals surface area contributed by atoms with E-state index in [9.17, 15) is 9.18 Å². The number of thiazole rings is 1. The molecule has 3 aromatic heterocycles. The van der Waals surface area contributed by atoms with Crippen LogP contribution >= 0.6 is 11.3 Å². The van der Waals surface area contributed by atoms with Crippen LogP contribution in [0, 0.1) is 5.82 Å². The predicted molar refractivity (Wildman–Crippen MR) is 157 cm³/mol. The summed E-state index contributed by atoms with van der Waals surface area (Å²) in [4.78, 5) is 18.4. The van der Waals surface area contributed by atoms with E-state index in [1.807, 2.05) is 60.8 Å². The standard InChI is InChI=1S/C31H24FN5O3S/c1-3-16-40-24-13-10-20(11-14-24)29-33-31-37(35-29)30(38)27(41-31)18-22-19-36(23-8-6-5-7-9-23)34-28(22)21-12-15-26(39-4-2)25(32)17-21/h3,5-15,17-19H,1,4,16H2,2H3. The van der Waals surface area contributed by atoms with Crippen LogP contribution in [0.1, 0.15) is 12.5 Å². The fraction of sp³-hybridized carbons (Fsp3) is 0.0968. The molecule has 0 atom stereocenters. The number of ether oxygens (including phenoxy) is 2. The largest absolute Gasteiger partial charge is 0.491 e. The maximum atomic E-state index is 14.8. The molecule has 0 amide bonds. The molecule has 41 heavy (non-hydrogen) atoms. The van der Waals surface area contributed by atoms with E-state index < -0.39 is 5.82 Å². The Hall–Kier alpha value is -5.09. The lowest BCUT2D eigenvalue weighted by atomic mass is 10.1. The van der Waals surface area contributed by atoms with E-state index in [0.717, 1.165) is 11.3 Å². The van der Waals surface area contributed by atoms with Gasteiger partial charge in [0.25, 0.3) is 5.56 Å². The number of benzene rings is 3. The quantitative estimate of drug-likeness (QED) is 0.221. The van der Waals surface area contributed by atoms with Gasteiger partial charge in [0.15, 0.2) is 17.4 Å². The smallest absolute Gasteiger partial charge is 0.291 e. The Morgan fingerprint density at radius 3 is 2.49 bits per heavy atom. The zero-order chi connectivity index (χ0) is 28.3. The van der Waals surface area contributed by atoms with Crippen molar-refractivity contribution in [2.75, 3.05) is 13.2 Å². The number of para-hydroxylation sites is 1. The second-order valence-electron chi connectivity index (χ2n) is 8.96. The van der Waals surface area contributed by atoms with E-state index in [1.54, 1.807) is 35.9 Å². The van der Waals surface area contributed by atoms with Crippen molar-refractivity contribution in [1.29, 1.82) is 0 Å². The van der Waals surface area contributed by atoms with Gasteiger partial charge in [-0.05, 0) is 67.6 Å². The normalized spacial score (nSPS) is 11.7. The van der Waals surface area contributed by atoms with Gasteiger partial charge in [-0.3, -0.25) is 4.79 Å². The summed E-state index contributed by atoms with van der Waals surface area (Å²) in [5, 5.41) is 9.19. The van der Waals surface area contributed by atoms with Crippen molar-refractivity contribution in [3.63, 3.8) is 0 Å². The second kappa shape index (κ2) is 11.2. The summed E-state index contributed by atoms with van der Waals surface area (Å²) >= 11 is 1.22. The first-order chi connectivity index (χ1) is 20.0. The first-order valence-corrected chi connectivity index (χ1v) is 13.7. The predicted octanol–water partition coefficient (Wildman–Crippen LogP) is 5.32. The Labute approximate surface area is 238 Å². The van der Waals surface area contributed by atoms with Crippen molar-refractivity contribution < 1.29 is 13.9 Å². The molecule has 0 saturated heterocycles. The lowest BCUT2D eigenvalue weighted by molar-refractivity contribution is 0.321. The average Bonchev–Trinajstić information content (AvgIpc) is 3.69. The maximum absolute atomic E-state index is 14.8. The van der Waals surface area contributed by atoms with Crippen molar-refractivity contribution in [2.24, 2.45) is 0 Å². The third kappa shape index (κ3) is 5.24. The van der Waals surface area contributed by atoms with Crippen LogP contribution in [0.25, 0.3) is 39.4 Å². The highest BCUT2D eigenvalue weighted by Gasteiger charge is 2.16. The highest BCUT2D eigenvalue weighted by molar-refractivity contribution is 7.15. The van der Waals surface area contributed by atoms with E-state index in [2.05, 4.69) is 16.7 Å². The molecule has 0 aliphatic carbocycles. The Morgan fingerprint density at radius 2 is 1.78 bits per heavy atom. The van der Waals surface area contributed by atoms with Crippen LogP contribution in [0.2, 0.25) is 0 Å². The number of aromatic nitrogens is 5. The van der Waals surface area contributed by atoms with Crippen LogP contribution in [-0.2, 0) is 0 Å². The van der Waals surface area contributed by atoms with Gasteiger partial charge in [0, 0.05) is 22.9 Å². The molecule has 204 valence electrons. The first kappa shape index (κ1) is 26.1. The van der Waals surface area contributed by atoms with Crippen LogP contribution in [0.3, 0.4) is 0 Å². The monoisotopic (exact) mass is 565 g/mol. The van der Waals surface area contributed by atoms with Gasteiger partial charge in [-0.2, -0.15) is 14.6 Å². The minimum absolute atomic E-state index is 0.173. The average molecular weight is 566 g/mol. The molecule has 8 nitrogen and oxygen atoms in total. The molecule has 0 spiro atoms. The van der Waals surface area contributed by atoms with E-state index in [4.69, 9.17) is 14.6 Å². The fourth-order valence-corrected chi connectivity index (χ4v) is 5.20. The molecule has 3 heterocycles. The number of hydrogen-bond acceptors (Lipinski definition) is 7. The molecule has 10 heteroatoms. The second-order valence-corrected chi connectivity index (χ2v) is 9.97. The summed E-state index contributed by atoms with van der Waals surface area (Å²) in [6.45, 7) is 6.22. The van der Waals surface area contributed by atoms with Crippen LogP contribution in [-0.4, -0.2) is 37.6 Å². The number of hydrogen-bond donors (Lipinski definition) is 0. The molecule has 6 aromatic rings. The van der Waals surface area contributed by atoms with E-state index in [-0.39, 0.29) is 11.3 Å². The molecule has 0 unspecified atom stereocenters. The molecular weight excluding hydrogens is 541 g/mol.